The molecule has 0 spiro atoms. The predicted octanol–water partition coefficient (Wildman–Crippen LogP) is 3.41. The zero-order chi connectivity index (χ0) is 16.1. The predicted molar refractivity (Wildman–Crippen MR) is 82.7 cm³/mol. The van der Waals surface area contributed by atoms with E-state index < -0.39 is 12.1 Å². The van der Waals surface area contributed by atoms with Gasteiger partial charge >= 0.3 is 5.97 Å². The number of esters is 1. The first kappa shape index (κ1) is 15.5. The molecule has 0 aliphatic heterocycles. The van der Waals surface area contributed by atoms with E-state index in [1.54, 1.807) is 43.3 Å². The Morgan fingerprint density at radius 2 is 1.82 bits per heavy atom. The highest BCUT2D eigenvalue weighted by Gasteiger charge is 2.20. The van der Waals surface area contributed by atoms with Crippen LogP contribution in [0.2, 0.25) is 0 Å². The van der Waals surface area contributed by atoms with Gasteiger partial charge in [0.25, 0.3) is 0 Å². The topological polar surface area (TPSA) is 63.6 Å². The van der Waals surface area contributed by atoms with Crippen LogP contribution in [0.4, 0.5) is 0 Å². The molecule has 0 amide bonds. The minimum atomic E-state index is -0.686. The number of carbonyl (C=O) groups excluding carboxylic acids is 2. The van der Waals surface area contributed by atoms with E-state index in [1.807, 2.05) is 6.07 Å². The van der Waals surface area contributed by atoms with Crippen LogP contribution >= 0.6 is 0 Å². The van der Waals surface area contributed by atoms with Crippen LogP contribution in [0.5, 0.6) is 5.75 Å². The number of carbonyl (C=O) groups is 2. The maximum Gasteiger partial charge on any atom is 0.330 e. The van der Waals surface area contributed by atoms with E-state index in [9.17, 15) is 14.7 Å². The summed E-state index contributed by atoms with van der Waals surface area (Å²) in [6, 6.07) is 13.5. The van der Waals surface area contributed by atoms with E-state index in [2.05, 4.69) is 6.58 Å². The summed E-state index contributed by atoms with van der Waals surface area (Å²) in [4.78, 5) is 23.7. The van der Waals surface area contributed by atoms with Crippen LogP contribution in [0, 0.1) is 0 Å². The fourth-order valence-electron chi connectivity index (χ4n) is 2.10. The first-order valence-electron chi connectivity index (χ1n) is 6.79. The normalized spacial score (nSPS) is 11.5. The van der Waals surface area contributed by atoms with Gasteiger partial charge in [0.05, 0.1) is 5.56 Å². The molecule has 1 unspecified atom stereocenters. The van der Waals surface area contributed by atoms with Gasteiger partial charge in [-0.3, -0.25) is 4.79 Å². The lowest BCUT2D eigenvalue weighted by atomic mass is 9.98. The average Bonchev–Trinajstić information content (AvgIpc) is 2.55. The van der Waals surface area contributed by atoms with Crippen LogP contribution in [-0.4, -0.2) is 16.9 Å². The molecule has 1 N–H and O–H groups in total. The Balaban J connectivity index is 2.35. The third-order valence-electron chi connectivity index (χ3n) is 3.25. The number of phenolic OH excluding ortho intramolecular Hbond substituents is 1. The first-order chi connectivity index (χ1) is 10.5. The van der Waals surface area contributed by atoms with E-state index >= 15 is 0 Å². The molecule has 2 rings (SSSR count). The number of rotatable bonds is 5. The third-order valence-corrected chi connectivity index (χ3v) is 3.25. The van der Waals surface area contributed by atoms with Crippen LogP contribution in [0.3, 0.4) is 0 Å². The standard InChI is InChI=1S/C18H16O4/c1-3-16(19)22-12(2)14-10-7-11-15(18(14)21)17(20)13-8-5-4-6-9-13/h3-12,21H,1H2,2H3. The summed E-state index contributed by atoms with van der Waals surface area (Å²) in [5.41, 5.74) is 1.02. The maximum atomic E-state index is 12.4. The van der Waals surface area contributed by atoms with E-state index in [0.717, 1.165) is 6.08 Å². The lowest BCUT2D eigenvalue weighted by molar-refractivity contribution is -0.142. The molecule has 2 aromatic carbocycles. The van der Waals surface area contributed by atoms with Gasteiger partial charge < -0.3 is 9.84 Å². The molecular weight excluding hydrogens is 280 g/mol. The molecule has 1 atom stereocenters. The van der Waals surface area contributed by atoms with Crippen molar-refractivity contribution < 1.29 is 19.4 Å². The molecule has 0 radical (unpaired) electrons. The summed E-state index contributed by atoms with van der Waals surface area (Å²) in [5, 5.41) is 10.3. The van der Waals surface area contributed by atoms with Crippen LogP contribution in [0.1, 0.15) is 34.5 Å². The largest absolute Gasteiger partial charge is 0.507 e. The average molecular weight is 296 g/mol. The van der Waals surface area contributed by atoms with Crippen molar-refractivity contribution in [3.8, 4) is 5.75 Å². The molecule has 4 heteroatoms. The Hall–Kier alpha value is -2.88. The van der Waals surface area contributed by atoms with Crippen molar-refractivity contribution in [3.63, 3.8) is 0 Å². The highest BCUT2D eigenvalue weighted by atomic mass is 16.5. The number of aromatic hydroxyl groups is 1. The number of ketones is 1. The summed E-state index contributed by atoms with van der Waals surface area (Å²) in [7, 11) is 0. The highest BCUT2D eigenvalue weighted by molar-refractivity contribution is 6.10. The molecule has 0 aromatic heterocycles. The fraction of sp³-hybridized carbons (Fsp3) is 0.111. The molecule has 0 saturated carbocycles. The van der Waals surface area contributed by atoms with Crippen molar-refractivity contribution >= 4 is 11.8 Å². The zero-order valence-electron chi connectivity index (χ0n) is 12.2. The molecule has 112 valence electrons. The Bertz CT molecular complexity index is 704. The number of phenols is 1. The van der Waals surface area contributed by atoms with Crippen LogP contribution in [-0.2, 0) is 9.53 Å². The lowest BCUT2D eigenvalue weighted by Gasteiger charge is -2.15. The first-order valence-corrected chi connectivity index (χ1v) is 6.79. The number of ether oxygens (including phenoxy) is 1. The van der Waals surface area contributed by atoms with Crippen molar-refractivity contribution in [2.45, 2.75) is 13.0 Å². The van der Waals surface area contributed by atoms with Gasteiger partial charge in [-0.2, -0.15) is 0 Å². The molecule has 2 aromatic rings. The quantitative estimate of drug-likeness (QED) is 0.521. The summed E-state index contributed by atoms with van der Waals surface area (Å²) in [6.07, 6.45) is 0.362. The third kappa shape index (κ3) is 3.23. The summed E-state index contributed by atoms with van der Waals surface area (Å²) in [6.45, 7) is 4.94. The fourth-order valence-corrected chi connectivity index (χ4v) is 2.10. The number of para-hydroxylation sites is 1. The molecule has 0 heterocycles. The monoisotopic (exact) mass is 296 g/mol. The van der Waals surface area contributed by atoms with Crippen molar-refractivity contribution in [2.24, 2.45) is 0 Å². The zero-order valence-corrected chi connectivity index (χ0v) is 12.2. The molecular formula is C18H16O4. The van der Waals surface area contributed by atoms with Crippen LogP contribution in [0.25, 0.3) is 0 Å². The minimum absolute atomic E-state index is 0.171. The molecule has 0 fully saturated rings. The molecule has 4 nitrogen and oxygen atoms in total. The molecule has 22 heavy (non-hydrogen) atoms. The second kappa shape index (κ2) is 6.72. The van der Waals surface area contributed by atoms with Crippen LogP contribution < -0.4 is 0 Å². The summed E-state index contributed by atoms with van der Waals surface area (Å²) in [5.74, 6) is -1.06. The maximum absolute atomic E-state index is 12.4. The second-order valence-corrected chi connectivity index (χ2v) is 4.72. The molecule has 0 aliphatic carbocycles. The Morgan fingerprint density at radius 1 is 1.14 bits per heavy atom. The van der Waals surface area contributed by atoms with Crippen molar-refractivity contribution in [3.05, 3.63) is 77.9 Å². The summed E-state index contributed by atoms with van der Waals surface area (Å²) >= 11 is 0. The minimum Gasteiger partial charge on any atom is -0.507 e. The number of hydrogen-bond acceptors (Lipinski definition) is 4. The SMILES string of the molecule is C=CC(=O)OC(C)c1cccc(C(=O)c2ccccc2)c1O. The Labute approximate surface area is 128 Å². The lowest BCUT2D eigenvalue weighted by Crippen LogP contribution is -2.08. The van der Waals surface area contributed by atoms with Gasteiger partial charge in [-0.05, 0) is 13.0 Å². The number of benzene rings is 2. The van der Waals surface area contributed by atoms with E-state index in [4.69, 9.17) is 4.74 Å². The van der Waals surface area contributed by atoms with Gasteiger partial charge in [0, 0.05) is 17.2 Å². The Morgan fingerprint density at radius 3 is 2.45 bits per heavy atom. The molecule has 0 bridgehead atoms. The summed E-state index contributed by atoms with van der Waals surface area (Å²) < 4.78 is 5.08. The smallest absolute Gasteiger partial charge is 0.330 e. The molecule has 0 aliphatic rings. The van der Waals surface area contributed by atoms with Gasteiger partial charge in [-0.25, -0.2) is 4.79 Å². The highest BCUT2D eigenvalue weighted by Crippen LogP contribution is 2.31. The second-order valence-electron chi connectivity index (χ2n) is 4.72. The van der Waals surface area contributed by atoms with Gasteiger partial charge in [-0.15, -0.1) is 0 Å². The van der Waals surface area contributed by atoms with Crippen molar-refractivity contribution in [2.75, 3.05) is 0 Å². The van der Waals surface area contributed by atoms with E-state index in [-0.39, 0.29) is 17.1 Å². The van der Waals surface area contributed by atoms with Crippen molar-refractivity contribution in [1.29, 1.82) is 0 Å². The molecule has 0 saturated heterocycles. The van der Waals surface area contributed by atoms with Crippen molar-refractivity contribution in [1.82, 2.24) is 0 Å². The van der Waals surface area contributed by atoms with E-state index in [0.29, 0.717) is 11.1 Å². The van der Waals surface area contributed by atoms with Gasteiger partial charge in [0.2, 0.25) is 0 Å². The van der Waals surface area contributed by atoms with Gasteiger partial charge in [0.1, 0.15) is 11.9 Å². The van der Waals surface area contributed by atoms with Gasteiger partial charge in [-0.1, -0.05) is 49.0 Å². The number of hydrogen-bond donors (Lipinski definition) is 1. The van der Waals surface area contributed by atoms with E-state index in [1.165, 1.54) is 6.07 Å². The van der Waals surface area contributed by atoms with Gasteiger partial charge in [0.15, 0.2) is 5.78 Å². The Kier molecular flexibility index (Phi) is 4.73. The van der Waals surface area contributed by atoms with Crippen LogP contribution in [0.15, 0.2) is 61.2 Å².